The van der Waals surface area contributed by atoms with Gasteiger partial charge in [0.15, 0.2) is 0 Å². The van der Waals surface area contributed by atoms with Crippen LogP contribution >= 0.6 is 0 Å². The van der Waals surface area contributed by atoms with Crippen LogP contribution in [0.25, 0.3) is 0 Å². The van der Waals surface area contributed by atoms with E-state index in [9.17, 15) is 5.11 Å². The molecule has 0 aliphatic carbocycles. The van der Waals surface area contributed by atoms with E-state index in [2.05, 4.69) is 49.4 Å². The topological polar surface area (TPSA) is 55.5 Å². The average molecular weight is 383 g/mol. The quantitative estimate of drug-likeness (QED) is 0.524. The van der Waals surface area contributed by atoms with Crippen LogP contribution in [0.5, 0.6) is 0 Å². The molecule has 4 heteroatoms. The zero-order valence-corrected chi connectivity index (χ0v) is 16.6. The second-order valence-electron chi connectivity index (χ2n) is 7.87. The van der Waals surface area contributed by atoms with Gasteiger partial charge in [-0.05, 0) is 28.2 Å². The van der Waals surface area contributed by atoms with Crippen LogP contribution < -0.4 is 5.73 Å². The van der Waals surface area contributed by atoms with Crippen LogP contribution in [0.2, 0.25) is 0 Å². The number of hydrogen-bond acceptors (Lipinski definition) is 3. The minimum atomic E-state index is -0.790. The van der Waals surface area contributed by atoms with E-state index in [1.807, 2.05) is 42.5 Å². The van der Waals surface area contributed by atoms with Gasteiger partial charge in [0.2, 0.25) is 0 Å². The zero-order valence-electron chi connectivity index (χ0n) is 16.6. The molecule has 3 aromatic carbocycles. The van der Waals surface area contributed by atoms with Gasteiger partial charge in [-0.25, -0.2) is 0 Å². The molecular weight excluding hydrogens is 357 g/mol. The van der Waals surface area contributed by atoms with E-state index >= 15 is 0 Å². The molecule has 4 atom stereocenters. The molecule has 146 valence electrons. The van der Waals surface area contributed by atoms with Gasteiger partial charge in [0.1, 0.15) is 7.85 Å². The van der Waals surface area contributed by atoms with E-state index in [1.165, 1.54) is 0 Å². The first-order valence-corrected chi connectivity index (χ1v) is 10.1. The third-order valence-corrected chi connectivity index (χ3v) is 6.20. The summed E-state index contributed by atoms with van der Waals surface area (Å²) in [6.07, 6.45) is -0.246. The highest BCUT2D eigenvalue weighted by Gasteiger charge is 2.40. The fourth-order valence-corrected chi connectivity index (χ4v) is 4.54. The lowest BCUT2D eigenvalue weighted by Gasteiger charge is -2.32. The van der Waals surface area contributed by atoms with Gasteiger partial charge in [-0.1, -0.05) is 91.9 Å². The molecule has 0 bridgehead atoms. The molecule has 1 unspecified atom stereocenters. The number of aliphatic hydroxyl groups is 1. The van der Waals surface area contributed by atoms with Gasteiger partial charge in [0.25, 0.3) is 0 Å². The molecule has 3 nitrogen and oxygen atoms in total. The molecule has 0 spiro atoms. The summed E-state index contributed by atoms with van der Waals surface area (Å²) in [5.41, 5.74) is 10.5. The second kappa shape index (κ2) is 8.15. The van der Waals surface area contributed by atoms with E-state index in [4.69, 9.17) is 18.3 Å². The van der Waals surface area contributed by atoms with E-state index in [0.717, 1.165) is 22.3 Å². The number of nitrogens with two attached hydrogens (primary N) is 1. The predicted octanol–water partition coefficient (Wildman–Crippen LogP) is 3.54. The lowest BCUT2D eigenvalue weighted by atomic mass is 9.73. The first-order valence-electron chi connectivity index (χ1n) is 10.1. The Morgan fingerprint density at radius 1 is 0.897 bits per heavy atom. The maximum Gasteiger partial charge on any atom is 0.109 e. The Morgan fingerprint density at radius 2 is 1.45 bits per heavy atom. The Kier molecular flexibility index (Phi) is 5.59. The largest absolute Gasteiger partial charge is 0.394 e. The van der Waals surface area contributed by atoms with Crippen LogP contribution in [0.1, 0.15) is 35.1 Å². The summed E-state index contributed by atoms with van der Waals surface area (Å²) in [4.78, 5) is 0. The standard InChI is InChI=1S/C25H26BNO2/c1-17-22(16-28)29-24(26)23(17)18-9-8-14-21(15-18)25(27,19-10-4-2-5-11-19)20-12-6-3-7-13-20/h2-15,17,22-24,28H,16,27H2,1H3/t17-,22-,23?,24-/m1/s1. The van der Waals surface area contributed by atoms with Crippen molar-refractivity contribution in [3.05, 3.63) is 107 Å². The lowest BCUT2D eigenvalue weighted by molar-refractivity contribution is 0.0290. The number of benzene rings is 3. The van der Waals surface area contributed by atoms with Crippen molar-refractivity contribution in [2.45, 2.75) is 30.5 Å². The van der Waals surface area contributed by atoms with Crippen molar-refractivity contribution in [3.8, 4) is 0 Å². The van der Waals surface area contributed by atoms with Crippen LogP contribution in [0.3, 0.4) is 0 Å². The Labute approximate surface area is 173 Å². The number of ether oxygens (including phenoxy) is 1. The fourth-order valence-electron chi connectivity index (χ4n) is 4.54. The van der Waals surface area contributed by atoms with E-state index in [1.54, 1.807) is 0 Å². The van der Waals surface area contributed by atoms with Crippen LogP contribution in [-0.2, 0) is 10.3 Å². The highest BCUT2D eigenvalue weighted by molar-refractivity contribution is 6.11. The molecule has 4 rings (SSSR count). The summed E-state index contributed by atoms with van der Waals surface area (Å²) < 4.78 is 5.78. The molecule has 2 radical (unpaired) electrons. The van der Waals surface area contributed by atoms with Gasteiger partial charge in [0, 0.05) is 11.9 Å². The highest BCUT2D eigenvalue weighted by Crippen LogP contribution is 2.41. The van der Waals surface area contributed by atoms with E-state index in [0.29, 0.717) is 0 Å². The summed E-state index contributed by atoms with van der Waals surface area (Å²) in [6, 6.07) is 28.2. The van der Waals surface area contributed by atoms with Crippen molar-refractivity contribution in [3.63, 3.8) is 0 Å². The molecular formula is C25H26BNO2. The van der Waals surface area contributed by atoms with Gasteiger partial charge >= 0.3 is 0 Å². The molecule has 3 aromatic rings. The van der Waals surface area contributed by atoms with Crippen LogP contribution in [0, 0.1) is 5.92 Å². The highest BCUT2D eigenvalue weighted by atomic mass is 16.5. The molecule has 1 aliphatic rings. The smallest absolute Gasteiger partial charge is 0.109 e. The molecule has 3 N–H and O–H groups in total. The van der Waals surface area contributed by atoms with Crippen molar-refractivity contribution in [2.75, 3.05) is 6.61 Å². The minimum absolute atomic E-state index is 0.00268. The Bertz CT molecular complexity index is 908. The monoisotopic (exact) mass is 383 g/mol. The van der Waals surface area contributed by atoms with Crippen LogP contribution in [-0.4, -0.2) is 31.7 Å². The number of rotatable bonds is 5. The molecule has 1 aliphatic heterocycles. The van der Waals surface area contributed by atoms with Crippen LogP contribution in [0.15, 0.2) is 84.9 Å². The zero-order chi connectivity index (χ0) is 20.4. The summed E-state index contributed by atoms with van der Waals surface area (Å²) in [7, 11) is 6.28. The number of hydrogen-bond donors (Lipinski definition) is 2. The Balaban J connectivity index is 1.83. The predicted molar refractivity (Wildman–Crippen MR) is 117 cm³/mol. The molecule has 29 heavy (non-hydrogen) atoms. The van der Waals surface area contributed by atoms with Crippen molar-refractivity contribution in [1.29, 1.82) is 0 Å². The molecule has 1 heterocycles. The van der Waals surface area contributed by atoms with Gasteiger partial charge in [-0.3, -0.25) is 0 Å². The average Bonchev–Trinajstić information content (AvgIpc) is 3.07. The molecule has 0 saturated carbocycles. The maximum atomic E-state index is 9.60. The SMILES string of the molecule is [B][C@@H]1O[C@H](CO)[C@@H](C)C1c1cccc(C(N)(c2ccccc2)c2ccccc2)c1. The summed E-state index contributed by atoms with van der Waals surface area (Å²) in [6.45, 7) is 2.05. The maximum absolute atomic E-state index is 9.60. The van der Waals surface area contributed by atoms with Crippen molar-refractivity contribution in [1.82, 2.24) is 0 Å². The molecule has 1 saturated heterocycles. The van der Waals surface area contributed by atoms with Gasteiger partial charge in [-0.15, -0.1) is 0 Å². The summed E-state index contributed by atoms with van der Waals surface area (Å²) in [5, 5.41) is 9.60. The minimum Gasteiger partial charge on any atom is -0.394 e. The third-order valence-electron chi connectivity index (χ3n) is 6.20. The number of aliphatic hydroxyl groups excluding tert-OH is 1. The molecule has 1 fully saturated rings. The van der Waals surface area contributed by atoms with E-state index in [-0.39, 0.29) is 24.5 Å². The van der Waals surface area contributed by atoms with Crippen molar-refractivity contribution < 1.29 is 9.84 Å². The first-order chi connectivity index (χ1) is 14.1. The molecule has 0 amide bonds. The van der Waals surface area contributed by atoms with Gasteiger partial charge in [0.05, 0.1) is 18.2 Å². The molecule has 0 aromatic heterocycles. The Hall–Kier alpha value is -2.40. The fraction of sp³-hybridized carbons (Fsp3) is 0.280. The second-order valence-corrected chi connectivity index (χ2v) is 7.87. The van der Waals surface area contributed by atoms with E-state index < -0.39 is 11.5 Å². The van der Waals surface area contributed by atoms with Crippen LogP contribution in [0.4, 0.5) is 0 Å². The van der Waals surface area contributed by atoms with Gasteiger partial charge < -0.3 is 15.6 Å². The van der Waals surface area contributed by atoms with Crippen molar-refractivity contribution >= 4 is 7.85 Å². The normalized spacial score (nSPS) is 24.5. The van der Waals surface area contributed by atoms with Gasteiger partial charge in [-0.2, -0.15) is 0 Å². The summed E-state index contributed by atoms with van der Waals surface area (Å²) in [5.74, 6) is 0.119. The Morgan fingerprint density at radius 3 is 1.97 bits per heavy atom. The third kappa shape index (κ3) is 3.53. The first kappa shape index (κ1) is 19.9. The lowest BCUT2D eigenvalue weighted by Crippen LogP contribution is -2.39. The summed E-state index contributed by atoms with van der Waals surface area (Å²) >= 11 is 0. The van der Waals surface area contributed by atoms with Crippen molar-refractivity contribution in [2.24, 2.45) is 11.7 Å².